The number of hydrogen-bond donors (Lipinski definition) is 2. The van der Waals surface area contributed by atoms with Crippen molar-refractivity contribution in [3.05, 3.63) is 12.7 Å². The second kappa shape index (κ2) is 7.41. The van der Waals surface area contributed by atoms with Crippen LogP contribution in [-0.2, 0) is 4.79 Å². The van der Waals surface area contributed by atoms with E-state index in [4.69, 9.17) is 5.73 Å². The van der Waals surface area contributed by atoms with Gasteiger partial charge in [-0.15, -0.1) is 6.58 Å². The van der Waals surface area contributed by atoms with E-state index in [0.29, 0.717) is 19.0 Å². The highest BCUT2D eigenvalue weighted by atomic mass is 16.2. The normalized spacial score (nSPS) is 21.7. The van der Waals surface area contributed by atoms with Crippen LogP contribution in [0.15, 0.2) is 12.7 Å². The number of nitrogens with one attached hydrogen (secondary N) is 1. The summed E-state index contributed by atoms with van der Waals surface area (Å²) in [6.07, 6.45) is 5.21. The van der Waals surface area contributed by atoms with Gasteiger partial charge in [-0.25, -0.2) is 0 Å². The Bertz CT molecular complexity index is 228. The first-order valence-electron chi connectivity index (χ1n) is 6.06. The number of rotatable bonds is 6. The first-order chi connectivity index (χ1) is 7.76. The van der Waals surface area contributed by atoms with Crippen molar-refractivity contribution in [1.82, 2.24) is 10.2 Å². The lowest BCUT2D eigenvalue weighted by molar-refractivity contribution is -0.122. The van der Waals surface area contributed by atoms with E-state index in [2.05, 4.69) is 16.8 Å². The van der Waals surface area contributed by atoms with E-state index in [0.717, 1.165) is 26.1 Å². The summed E-state index contributed by atoms with van der Waals surface area (Å²) >= 11 is 0. The molecule has 1 rings (SSSR count). The highest BCUT2D eigenvalue weighted by Crippen LogP contribution is 2.18. The van der Waals surface area contributed by atoms with Crippen LogP contribution in [0.2, 0.25) is 0 Å². The third kappa shape index (κ3) is 4.77. The number of likely N-dealkylation sites (tertiary alicyclic amines) is 1. The Morgan fingerprint density at radius 2 is 2.44 bits per heavy atom. The average Bonchev–Trinajstić information content (AvgIpc) is 2.27. The lowest BCUT2D eigenvalue weighted by Crippen LogP contribution is -2.42. The molecule has 1 aliphatic heterocycles. The molecule has 16 heavy (non-hydrogen) atoms. The van der Waals surface area contributed by atoms with Crippen molar-refractivity contribution < 1.29 is 4.79 Å². The molecule has 0 aromatic heterocycles. The molecule has 1 atom stereocenters. The molecule has 0 aliphatic carbocycles. The van der Waals surface area contributed by atoms with Gasteiger partial charge in [0, 0.05) is 13.1 Å². The van der Waals surface area contributed by atoms with Crippen LogP contribution in [0.25, 0.3) is 0 Å². The summed E-state index contributed by atoms with van der Waals surface area (Å²) in [6, 6.07) is 0. The predicted molar refractivity (Wildman–Crippen MR) is 66.0 cm³/mol. The third-order valence-electron chi connectivity index (χ3n) is 2.99. The summed E-state index contributed by atoms with van der Waals surface area (Å²) in [6.45, 7) is 7.43. The fourth-order valence-corrected chi connectivity index (χ4v) is 2.21. The molecule has 1 unspecified atom stereocenters. The lowest BCUT2D eigenvalue weighted by Gasteiger charge is -2.31. The van der Waals surface area contributed by atoms with Crippen LogP contribution in [0.4, 0.5) is 0 Å². The van der Waals surface area contributed by atoms with Crippen LogP contribution >= 0.6 is 0 Å². The third-order valence-corrected chi connectivity index (χ3v) is 2.99. The number of hydrogen-bond acceptors (Lipinski definition) is 3. The summed E-state index contributed by atoms with van der Waals surface area (Å²) in [5.41, 5.74) is 5.56. The molecular formula is C12H23N3O. The van der Waals surface area contributed by atoms with Crippen molar-refractivity contribution in [3.63, 3.8) is 0 Å². The van der Waals surface area contributed by atoms with E-state index in [1.54, 1.807) is 6.08 Å². The van der Waals surface area contributed by atoms with E-state index in [1.807, 2.05) is 0 Å². The number of piperidine rings is 1. The van der Waals surface area contributed by atoms with Crippen LogP contribution in [0.5, 0.6) is 0 Å². The molecule has 4 nitrogen and oxygen atoms in total. The molecule has 0 aromatic carbocycles. The van der Waals surface area contributed by atoms with Gasteiger partial charge in [0.05, 0.1) is 6.54 Å². The van der Waals surface area contributed by atoms with Gasteiger partial charge in [0.15, 0.2) is 0 Å². The maximum Gasteiger partial charge on any atom is 0.234 e. The van der Waals surface area contributed by atoms with E-state index in [1.165, 1.54) is 12.8 Å². The van der Waals surface area contributed by atoms with Gasteiger partial charge in [-0.3, -0.25) is 9.69 Å². The zero-order chi connectivity index (χ0) is 11.8. The Labute approximate surface area is 97.9 Å². The average molecular weight is 225 g/mol. The molecule has 0 spiro atoms. The number of nitrogens with two attached hydrogens (primary N) is 1. The zero-order valence-corrected chi connectivity index (χ0v) is 9.95. The molecule has 1 aliphatic rings. The minimum Gasteiger partial charge on any atom is -0.352 e. The molecule has 0 bridgehead atoms. The van der Waals surface area contributed by atoms with E-state index in [9.17, 15) is 4.79 Å². The molecule has 1 amide bonds. The van der Waals surface area contributed by atoms with Crippen molar-refractivity contribution in [2.24, 2.45) is 11.7 Å². The first-order valence-corrected chi connectivity index (χ1v) is 6.06. The van der Waals surface area contributed by atoms with Crippen LogP contribution in [0, 0.1) is 5.92 Å². The quantitative estimate of drug-likeness (QED) is 0.641. The Morgan fingerprint density at radius 3 is 3.12 bits per heavy atom. The maximum atomic E-state index is 11.5. The molecule has 0 saturated carbocycles. The topological polar surface area (TPSA) is 58.4 Å². The molecule has 0 aromatic rings. The summed E-state index contributed by atoms with van der Waals surface area (Å²) in [5.74, 6) is 0.763. The monoisotopic (exact) mass is 225 g/mol. The van der Waals surface area contributed by atoms with Crippen molar-refractivity contribution in [3.8, 4) is 0 Å². The maximum absolute atomic E-state index is 11.5. The molecule has 92 valence electrons. The van der Waals surface area contributed by atoms with Gasteiger partial charge >= 0.3 is 0 Å². The second-order valence-corrected chi connectivity index (χ2v) is 4.41. The highest BCUT2D eigenvalue weighted by Gasteiger charge is 2.20. The van der Waals surface area contributed by atoms with Crippen LogP contribution in [-0.4, -0.2) is 43.5 Å². The minimum atomic E-state index is 0.0910. The fraction of sp³-hybridized carbons (Fsp3) is 0.750. The van der Waals surface area contributed by atoms with Crippen LogP contribution in [0.3, 0.4) is 0 Å². The Hall–Kier alpha value is -0.870. The second-order valence-electron chi connectivity index (χ2n) is 4.41. The van der Waals surface area contributed by atoms with Crippen molar-refractivity contribution in [1.29, 1.82) is 0 Å². The van der Waals surface area contributed by atoms with Gasteiger partial charge in [-0.1, -0.05) is 6.08 Å². The Balaban J connectivity index is 2.25. The summed E-state index contributed by atoms with van der Waals surface area (Å²) in [4.78, 5) is 13.7. The molecule has 1 heterocycles. The van der Waals surface area contributed by atoms with Gasteiger partial charge in [-0.05, 0) is 38.3 Å². The van der Waals surface area contributed by atoms with Gasteiger partial charge in [0.2, 0.25) is 5.91 Å². The van der Waals surface area contributed by atoms with Crippen molar-refractivity contribution in [2.75, 3.05) is 32.7 Å². The van der Waals surface area contributed by atoms with Crippen molar-refractivity contribution >= 4 is 5.91 Å². The smallest absolute Gasteiger partial charge is 0.234 e. The summed E-state index contributed by atoms with van der Waals surface area (Å²) < 4.78 is 0. The molecule has 1 saturated heterocycles. The Morgan fingerprint density at radius 1 is 1.62 bits per heavy atom. The number of nitrogens with zero attached hydrogens (tertiary/aromatic N) is 1. The van der Waals surface area contributed by atoms with Gasteiger partial charge in [0.25, 0.3) is 0 Å². The van der Waals surface area contributed by atoms with Crippen molar-refractivity contribution in [2.45, 2.75) is 19.3 Å². The highest BCUT2D eigenvalue weighted by molar-refractivity contribution is 5.78. The molecule has 1 fully saturated rings. The van der Waals surface area contributed by atoms with Crippen LogP contribution in [0.1, 0.15) is 19.3 Å². The fourth-order valence-electron chi connectivity index (χ4n) is 2.21. The molecular weight excluding hydrogens is 202 g/mol. The van der Waals surface area contributed by atoms with Crippen LogP contribution < -0.4 is 11.1 Å². The molecule has 3 N–H and O–H groups in total. The number of carbonyl (C=O) groups is 1. The lowest BCUT2D eigenvalue weighted by atomic mass is 9.95. The zero-order valence-electron chi connectivity index (χ0n) is 9.95. The standard InChI is InChI=1S/C12H23N3O/c1-2-7-14-12(16)10-15-8-3-4-11(9-15)5-6-13/h2,11H,1,3-10,13H2,(H,14,16). The van der Waals surface area contributed by atoms with Gasteiger partial charge < -0.3 is 11.1 Å². The Kier molecular flexibility index (Phi) is 6.11. The largest absolute Gasteiger partial charge is 0.352 e. The summed E-state index contributed by atoms with van der Waals surface area (Å²) in [7, 11) is 0. The minimum absolute atomic E-state index is 0.0910. The molecule has 4 heteroatoms. The van der Waals surface area contributed by atoms with E-state index in [-0.39, 0.29) is 5.91 Å². The molecule has 0 radical (unpaired) electrons. The predicted octanol–water partition coefficient (Wildman–Crippen LogP) is 0.349. The first kappa shape index (κ1) is 13.2. The number of carbonyl (C=O) groups excluding carboxylic acids is 1. The number of amides is 1. The summed E-state index contributed by atoms with van der Waals surface area (Å²) in [5, 5.41) is 2.80. The van der Waals surface area contributed by atoms with E-state index < -0.39 is 0 Å². The van der Waals surface area contributed by atoms with Gasteiger partial charge in [0.1, 0.15) is 0 Å². The van der Waals surface area contributed by atoms with E-state index >= 15 is 0 Å². The SMILES string of the molecule is C=CCNC(=O)CN1CCCC(CCN)C1. The van der Waals surface area contributed by atoms with Gasteiger partial charge in [-0.2, -0.15) is 0 Å².